The molecule has 2 amide bonds. The molecule has 15 heteroatoms. The molecule has 0 radical (unpaired) electrons. The maximum absolute atomic E-state index is 13.0. The van der Waals surface area contributed by atoms with E-state index < -0.39 is 42.1 Å². The number of hydrogen-bond acceptors (Lipinski definition) is 5. The molecule has 224 valence electrons. The maximum Gasteiger partial charge on any atom is 0.408 e. The lowest BCUT2D eigenvalue weighted by atomic mass is 9.95. The highest BCUT2D eigenvalue weighted by atomic mass is 35.5. The predicted octanol–water partition coefficient (Wildman–Crippen LogP) is 6.61. The van der Waals surface area contributed by atoms with Crippen LogP contribution in [0.1, 0.15) is 43.6 Å². The van der Waals surface area contributed by atoms with Crippen molar-refractivity contribution in [3.05, 3.63) is 45.4 Å². The molecule has 0 aliphatic heterocycles. The van der Waals surface area contributed by atoms with Crippen LogP contribution in [0, 0.1) is 5.41 Å². The molecule has 0 saturated carbocycles. The van der Waals surface area contributed by atoms with Gasteiger partial charge in [-0.05, 0) is 24.6 Å². The maximum atomic E-state index is 13.0. The fraction of sp³-hybridized carbons (Fsp3) is 0.423. The standard InChI is InChI=1S/C26H28Cl2F5N5O3/c1-12(26(31,32)33)35-22(39)14-8-16-17(9-18(14)41-11-19(29)30)38(5)24(36-16)37-21-15(27)7-6-13(20(21)28)10-34-23(40)25(2,3)4/h6-9,12,19H,10-11H2,1-5H3,(H,34,40)(H,35,39)(H,36,37). The minimum Gasteiger partial charge on any atom is -0.487 e. The van der Waals surface area contributed by atoms with Gasteiger partial charge < -0.3 is 25.3 Å². The minimum atomic E-state index is -4.73. The lowest BCUT2D eigenvalue weighted by Crippen LogP contribution is -2.43. The number of rotatable bonds is 9. The summed E-state index contributed by atoms with van der Waals surface area (Å²) in [6.45, 7) is 5.06. The number of nitrogens with zero attached hydrogens (tertiary/aromatic N) is 2. The van der Waals surface area contributed by atoms with Gasteiger partial charge in [0.2, 0.25) is 11.9 Å². The Morgan fingerprint density at radius 1 is 1.12 bits per heavy atom. The van der Waals surface area contributed by atoms with Gasteiger partial charge in [-0.1, -0.05) is 50.0 Å². The minimum absolute atomic E-state index is 0.114. The van der Waals surface area contributed by atoms with Crippen LogP contribution in [0.5, 0.6) is 5.75 Å². The van der Waals surface area contributed by atoms with Crippen molar-refractivity contribution in [1.29, 1.82) is 0 Å². The average Bonchev–Trinajstić information content (AvgIpc) is 3.16. The van der Waals surface area contributed by atoms with Crippen molar-refractivity contribution in [3.8, 4) is 5.75 Å². The second-order valence-electron chi connectivity index (χ2n) is 10.2. The fourth-order valence-electron chi connectivity index (χ4n) is 3.54. The van der Waals surface area contributed by atoms with Crippen LogP contribution >= 0.6 is 23.2 Å². The molecule has 1 unspecified atom stereocenters. The second kappa shape index (κ2) is 12.3. The molecule has 0 bridgehead atoms. The molecule has 1 aromatic heterocycles. The van der Waals surface area contributed by atoms with Crippen LogP contribution in [0.15, 0.2) is 24.3 Å². The molecule has 0 fully saturated rings. The lowest BCUT2D eigenvalue weighted by Gasteiger charge is -2.19. The third kappa shape index (κ3) is 7.70. The number of ether oxygens (including phenoxy) is 1. The first kappa shape index (κ1) is 32.2. The first-order chi connectivity index (χ1) is 18.9. The van der Waals surface area contributed by atoms with E-state index in [9.17, 15) is 31.5 Å². The number of amides is 2. The fourth-order valence-corrected chi connectivity index (χ4v) is 4.07. The normalized spacial score (nSPS) is 12.9. The van der Waals surface area contributed by atoms with E-state index in [1.807, 2.05) is 0 Å². The van der Waals surface area contributed by atoms with E-state index in [1.54, 1.807) is 45.3 Å². The smallest absolute Gasteiger partial charge is 0.408 e. The van der Waals surface area contributed by atoms with Gasteiger partial charge in [-0.2, -0.15) is 13.2 Å². The molecule has 3 rings (SSSR count). The van der Waals surface area contributed by atoms with Crippen molar-refractivity contribution >= 4 is 57.7 Å². The number of aryl methyl sites for hydroxylation is 1. The van der Waals surface area contributed by atoms with E-state index >= 15 is 0 Å². The number of nitrogens with one attached hydrogen (secondary N) is 3. The van der Waals surface area contributed by atoms with Gasteiger partial charge in [-0.25, -0.2) is 13.8 Å². The first-order valence-electron chi connectivity index (χ1n) is 12.2. The Bertz CT molecular complexity index is 1450. The zero-order valence-electron chi connectivity index (χ0n) is 22.6. The molecule has 2 aromatic carbocycles. The van der Waals surface area contributed by atoms with Crippen molar-refractivity contribution in [2.24, 2.45) is 12.5 Å². The lowest BCUT2D eigenvalue weighted by molar-refractivity contribution is -0.149. The van der Waals surface area contributed by atoms with E-state index in [2.05, 4.69) is 15.6 Å². The Hall–Kier alpha value is -3.32. The molecule has 8 nitrogen and oxygen atoms in total. The summed E-state index contributed by atoms with van der Waals surface area (Å²) in [6, 6.07) is 3.37. The Morgan fingerprint density at radius 3 is 2.37 bits per heavy atom. The largest absolute Gasteiger partial charge is 0.487 e. The summed E-state index contributed by atoms with van der Waals surface area (Å²) in [7, 11) is 1.56. The summed E-state index contributed by atoms with van der Waals surface area (Å²) in [6.07, 6.45) is -7.63. The van der Waals surface area contributed by atoms with E-state index in [0.717, 1.165) is 13.0 Å². The van der Waals surface area contributed by atoms with Crippen LogP contribution in [-0.2, 0) is 18.4 Å². The Labute approximate surface area is 242 Å². The van der Waals surface area contributed by atoms with Gasteiger partial charge in [0.1, 0.15) is 18.4 Å². The highest BCUT2D eigenvalue weighted by molar-refractivity contribution is 6.39. The molecule has 3 aromatic rings. The molecular weight excluding hydrogens is 596 g/mol. The van der Waals surface area contributed by atoms with Gasteiger partial charge >= 0.3 is 6.18 Å². The summed E-state index contributed by atoms with van der Waals surface area (Å²) < 4.78 is 71.4. The summed E-state index contributed by atoms with van der Waals surface area (Å²) in [5.41, 5.74) is 0.219. The van der Waals surface area contributed by atoms with Crippen LogP contribution in [0.25, 0.3) is 11.0 Å². The van der Waals surface area contributed by atoms with Gasteiger partial charge in [-0.3, -0.25) is 9.59 Å². The number of hydrogen-bond donors (Lipinski definition) is 3. The van der Waals surface area contributed by atoms with E-state index in [-0.39, 0.29) is 45.4 Å². The number of carbonyl (C=O) groups is 2. The van der Waals surface area contributed by atoms with Crippen LogP contribution < -0.4 is 20.7 Å². The number of benzene rings is 2. The van der Waals surface area contributed by atoms with Gasteiger partial charge in [0.25, 0.3) is 12.3 Å². The zero-order valence-corrected chi connectivity index (χ0v) is 24.2. The van der Waals surface area contributed by atoms with E-state index in [1.165, 1.54) is 10.6 Å². The molecule has 0 aliphatic carbocycles. The van der Waals surface area contributed by atoms with Gasteiger partial charge in [0.05, 0.1) is 32.3 Å². The zero-order chi connectivity index (χ0) is 30.9. The summed E-state index contributed by atoms with van der Waals surface area (Å²) in [4.78, 5) is 29.4. The van der Waals surface area contributed by atoms with Crippen LogP contribution in [0.3, 0.4) is 0 Å². The summed E-state index contributed by atoms with van der Waals surface area (Å²) in [5.74, 6) is -1.58. The molecule has 0 spiro atoms. The molecule has 0 saturated heterocycles. The van der Waals surface area contributed by atoms with Crippen molar-refractivity contribution in [3.63, 3.8) is 0 Å². The third-order valence-electron chi connectivity index (χ3n) is 5.96. The monoisotopic (exact) mass is 623 g/mol. The van der Waals surface area contributed by atoms with Crippen molar-refractivity contribution < 1.29 is 36.3 Å². The quantitative estimate of drug-likeness (QED) is 0.233. The van der Waals surface area contributed by atoms with E-state index in [4.69, 9.17) is 27.9 Å². The van der Waals surface area contributed by atoms with Crippen molar-refractivity contribution in [2.75, 3.05) is 11.9 Å². The average molecular weight is 624 g/mol. The summed E-state index contributed by atoms with van der Waals surface area (Å²) >= 11 is 13.0. The second-order valence-corrected chi connectivity index (χ2v) is 11.0. The predicted molar refractivity (Wildman–Crippen MR) is 146 cm³/mol. The SMILES string of the molecule is CC(NC(=O)c1cc2nc(Nc3c(Cl)ccc(CNC(=O)C(C)(C)C)c3Cl)n(C)c2cc1OCC(F)F)C(F)(F)F. The summed E-state index contributed by atoms with van der Waals surface area (Å²) in [5, 5.41) is 8.00. The number of alkyl halides is 5. The van der Waals surface area contributed by atoms with Crippen LogP contribution in [0.4, 0.5) is 33.6 Å². The molecule has 41 heavy (non-hydrogen) atoms. The first-order valence-corrected chi connectivity index (χ1v) is 13.0. The number of aromatic nitrogens is 2. The molecule has 1 atom stereocenters. The van der Waals surface area contributed by atoms with Gasteiger partial charge in [-0.15, -0.1) is 0 Å². The number of imidazole rings is 1. The topological polar surface area (TPSA) is 97.3 Å². The molecule has 0 aliphatic rings. The Balaban J connectivity index is 2.00. The highest BCUT2D eigenvalue weighted by Gasteiger charge is 2.37. The van der Waals surface area contributed by atoms with Crippen molar-refractivity contribution in [1.82, 2.24) is 20.2 Å². The van der Waals surface area contributed by atoms with Gasteiger partial charge in [0, 0.05) is 25.1 Å². The molecular formula is C26H28Cl2F5N5O3. The van der Waals surface area contributed by atoms with E-state index in [0.29, 0.717) is 11.1 Å². The number of anilines is 2. The third-order valence-corrected chi connectivity index (χ3v) is 6.71. The highest BCUT2D eigenvalue weighted by Crippen LogP contribution is 2.37. The number of carbonyl (C=O) groups excluding carboxylic acids is 2. The molecule has 1 heterocycles. The number of fused-ring (bicyclic) bond motifs is 1. The molecule has 3 N–H and O–H groups in total. The Kier molecular flexibility index (Phi) is 9.64. The van der Waals surface area contributed by atoms with Gasteiger partial charge in [0.15, 0.2) is 0 Å². The van der Waals surface area contributed by atoms with Crippen LogP contribution in [0.2, 0.25) is 10.0 Å². The van der Waals surface area contributed by atoms with Crippen molar-refractivity contribution in [2.45, 2.75) is 52.9 Å². The van der Waals surface area contributed by atoms with Crippen LogP contribution in [-0.4, -0.2) is 46.6 Å². The Morgan fingerprint density at radius 2 is 1.78 bits per heavy atom. The number of halogens is 7.